The highest BCUT2D eigenvalue weighted by Gasteiger charge is 2.30. The van der Waals surface area contributed by atoms with Crippen molar-refractivity contribution < 1.29 is 27.8 Å². The molecule has 0 spiro atoms. The van der Waals surface area contributed by atoms with Gasteiger partial charge in [0, 0.05) is 28.9 Å². The molecular weight excluding hydrogens is 413 g/mol. The van der Waals surface area contributed by atoms with E-state index in [1.165, 1.54) is 30.6 Å². The molecule has 1 heterocycles. The van der Waals surface area contributed by atoms with Crippen LogP contribution in [-0.4, -0.2) is 40.5 Å². The Morgan fingerprint density at radius 2 is 1.74 bits per heavy atom. The zero-order chi connectivity index (χ0) is 22.4. The molecule has 3 N–H and O–H groups in total. The molecular formula is C21H19F3N4O3. The maximum Gasteiger partial charge on any atom is 0.573 e. The number of alkyl halides is 3. The molecule has 0 aliphatic carbocycles. The number of amides is 1. The van der Waals surface area contributed by atoms with Crippen molar-refractivity contribution >= 4 is 17.4 Å². The molecule has 0 aliphatic rings. The summed E-state index contributed by atoms with van der Waals surface area (Å²) in [6.45, 7) is 1.84. The van der Waals surface area contributed by atoms with Crippen LogP contribution >= 0.6 is 0 Å². The van der Waals surface area contributed by atoms with E-state index in [2.05, 4.69) is 25.3 Å². The zero-order valence-electron chi connectivity index (χ0n) is 16.4. The topological polar surface area (TPSA) is 96.4 Å². The Balaban J connectivity index is 1.76. The molecule has 0 saturated heterocycles. The van der Waals surface area contributed by atoms with Crippen LogP contribution in [-0.2, 0) is 0 Å². The van der Waals surface area contributed by atoms with E-state index in [4.69, 9.17) is 5.11 Å². The number of carbonyl (C=O) groups excluding carboxylic acids is 1. The van der Waals surface area contributed by atoms with Gasteiger partial charge >= 0.3 is 6.36 Å². The first kappa shape index (κ1) is 22.0. The summed E-state index contributed by atoms with van der Waals surface area (Å²) in [5, 5.41) is 14.4. The maximum absolute atomic E-state index is 12.3. The molecule has 3 rings (SSSR count). The van der Waals surface area contributed by atoms with Crippen LogP contribution in [0.5, 0.6) is 5.75 Å². The Bertz CT molecular complexity index is 1040. The van der Waals surface area contributed by atoms with E-state index in [9.17, 15) is 18.0 Å². The predicted molar refractivity (Wildman–Crippen MR) is 108 cm³/mol. The fourth-order valence-electron chi connectivity index (χ4n) is 2.79. The van der Waals surface area contributed by atoms with Crippen molar-refractivity contribution in [1.82, 2.24) is 15.3 Å². The highest BCUT2D eigenvalue weighted by atomic mass is 19.4. The van der Waals surface area contributed by atoms with E-state index < -0.39 is 6.36 Å². The minimum Gasteiger partial charge on any atom is -0.406 e. The van der Waals surface area contributed by atoms with Crippen LogP contribution in [0.4, 0.5) is 24.7 Å². The van der Waals surface area contributed by atoms with Crippen molar-refractivity contribution in [2.24, 2.45) is 0 Å². The lowest BCUT2D eigenvalue weighted by atomic mass is 10.0. The summed E-state index contributed by atoms with van der Waals surface area (Å²) >= 11 is 0. The van der Waals surface area contributed by atoms with Crippen molar-refractivity contribution in [3.8, 4) is 17.0 Å². The summed E-state index contributed by atoms with van der Waals surface area (Å²) < 4.78 is 40.7. The van der Waals surface area contributed by atoms with Gasteiger partial charge in [-0.15, -0.1) is 13.2 Å². The summed E-state index contributed by atoms with van der Waals surface area (Å²) in [5.74, 6) is -0.124. The molecule has 7 nitrogen and oxygen atoms in total. The number of hydrogen-bond donors (Lipinski definition) is 3. The summed E-state index contributed by atoms with van der Waals surface area (Å²) in [5.41, 5.74) is 3.09. The first-order valence-corrected chi connectivity index (χ1v) is 9.21. The zero-order valence-corrected chi connectivity index (χ0v) is 16.4. The average molecular weight is 432 g/mol. The molecule has 0 atom stereocenters. The number of carbonyl (C=O) groups is 1. The Kier molecular flexibility index (Phi) is 6.71. The van der Waals surface area contributed by atoms with Crippen LogP contribution in [0.25, 0.3) is 11.3 Å². The van der Waals surface area contributed by atoms with Crippen LogP contribution in [0, 0.1) is 6.92 Å². The Labute approximate surface area is 175 Å². The number of anilines is 2. The standard InChI is InChI=1S/C21H19F3N4O3/c1-13-18(14-2-4-15(5-3-14)20(30)25-10-11-29)26-12-27-19(13)28-16-6-8-17(9-7-16)31-21(22,23)24/h2-9,12,29H,10-11H2,1H3,(H,25,30)(H,26,27,28). The lowest BCUT2D eigenvalue weighted by Crippen LogP contribution is -2.26. The maximum atomic E-state index is 12.3. The van der Waals surface area contributed by atoms with Gasteiger partial charge in [0.05, 0.1) is 12.3 Å². The lowest BCUT2D eigenvalue weighted by molar-refractivity contribution is -0.274. The summed E-state index contributed by atoms with van der Waals surface area (Å²) in [6.07, 6.45) is -3.38. The highest BCUT2D eigenvalue weighted by molar-refractivity contribution is 5.94. The molecule has 0 unspecified atom stereocenters. The van der Waals surface area contributed by atoms with Gasteiger partial charge in [0.15, 0.2) is 0 Å². The summed E-state index contributed by atoms with van der Waals surface area (Å²) in [7, 11) is 0. The largest absolute Gasteiger partial charge is 0.573 e. The van der Waals surface area contributed by atoms with E-state index >= 15 is 0 Å². The van der Waals surface area contributed by atoms with Gasteiger partial charge in [0.1, 0.15) is 17.9 Å². The molecule has 0 bridgehead atoms. The van der Waals surface area contributed by atoms with Crippen molar-refractivity contribution in [2.45, 2.75) is 13.3 Å². The number of hydrogen-bond acceptors (Lipinski definition) is 6. The third kappa shape index (κ3) is 5.92. The molecule has 0 fully saturated rings. The number of halogens is 3. The normalized spacial score (nSPS) is 11.1. The minimum atomic E-state index is -4.75. The van der Waals surface area contributed by atoms with E-state index in [0.717, 1.165) is 11.1 Å². The van der Waals surface area contributed by atoms with Gasteiger partial charge in [-0.2, -0.15) is 0 Å². The van der Waals surface area contributed by atoms with Crippen LogP contribution in [0.1, 0.15) is 15.9 Å². The molecule has 162 valence electrons. The monoisotopic (exact) mass is 432 g/mol. The van der Waals surface area contributed by atoms with E-state index in [1.54, 1.807) is 31.2 Å². The van der Waals surface area contributed by atoms with Crippen molar-refractivity contribution in [1.29, 1.82) is 0 Å². The highest BCUT2D eigenvalue weighted by Crippen LogP contribution is 2.29. The number of aromatic nitrogens is 2. The van der Waals surface area contributed by atoms with E-state index in [-0.39, 0.29) is 24.8 Å². The molecule has 2 aromatic carbocycles. The first-order valence-electron chi connectivity index (χ1n) is 9.21. The van der Waals surface area contributed by atoms with Crippen LogP contribution in [0.2, 0.25) is 0 Å². The number of aliphatic hydroxyl groups is 1. The van der Waals surface area contributed by atoms with E-state index in [1.807, 2.05) is 0 Å². The predicted octanol–water partition coefficient (Wildman–Crippen LogP) is 3.82. The minimum absolute atomic E-state index is 0.141. The van der Waals surface area contributed by atoms with Gasteiger partial charge in [0.25, 0.3) is 5.91 Å². The molecule has 1 aromatic heterocycles. The second-order valence-corrected chi connectivity index (χ2v) is 6.45. The number of nitrogens with zero attached hydrogens (tertiary/aromatic N) is 2. The van der Waals surface area contributed by atoms with Gasteiger partial charge in [-0.1, -0.05) is 12.1 Å². The van der Waals surface area contributed by atoms with Gasteiger partial charge in [0.2, 0.25) is 0 Å². The second-order valence-electron chi connectivity index (χ2n) is 6.45. The third-order valence-electron chi connectivity index (χ3n) is 4.25. The summed E-state index contributed by atoms with van der Waals surface area (Å²) in [4.78, 5) is 20.4. The van der Waals surface area contributed by atoms with Gasteiger partial charge < -0.3 is 20.5 Å². The van der Waals surface area contributed by atoms with Crippen LogP contribution in [0.15, 0.2) is 54.9 Å². The molecule has 0 aliphatic heterocycles. The SMILES string of the molecule is Cc1c(Nc2ccc(OC(F)(F)F)cc2)ncnc1-c1ccc(C(=O)NCCO)cc1. The Morgan fingerprint density at radius 3 is 2.35 bits per heavy atom. The van der Waals surface area contributed by atoms with Gasteiger partial charge in [-0.25, -0.2) is 9.97 Å². The molecule has 0 saturated carbocycles. The number of rotatable bonds is 7. The van der Waals surface area contributed by atoms with Gasteiger partial charge in [-0.3, -0.25) is 4.79 Å². The first-order chi connectivity index (χ1) is 14.8. The molecule has 3 aromatic rings. The Morgan fingerprint density at radius 1 is 1.06 bits per heavy atom. The molecule has 10 heteroatoms. The molecule has 0 radical (unpaired) electrons. The summed E-state index contributed by atoms with van der Waals surface area (Å²) in [6, 6.07) is 12.1. The molecule has 31 heavy (non-hydrogen) atoms. The van der Waals surface area contributed by atoms with Crippen molar-refractivity contribution in [3.63, 3.8) is 0 Å². The van der Waals surface area contributed by atoms with Crippen LogP contribution < -0.4 is 15.4 Å². The van der Waals surface area contributed by atoms with Crippen molar-refractivity contribution in [2.75, 3.05) is 18.5 Å². The number of nitrogens with one attached hydrogen (secondary N) is 2. The quantitative estimate of drug-likeness (QED) is 0.525. The fourth-order valence-corrected chi connectivity index (χ4v) is 2.79. The fraction of sp³-hybridized carbons (Fsp3) is 0.190. The molecule has 1 amide bonds. The number of aliphatic hydroxyl groups excluding tert-OH is 1. The lowest BCUT2D eigenvalue weighted by Gasteiger charge is -2.13. The third-order valence-corrected chi connectivity index (χ3v) is 4.25. The Hall–Kier alpha value is -3.66. The van der Waals surface area contributed by atoms with Gasteiger partial charge in [-0.05, 0) is 43.3 Å². The number of ether oxygens (including phenoxy) is 1. The number of benzene rings is 2. The average Bonchev–Trinajstić information content (AvgIpc) is 2.74. The second kappa shape index (κ2) is 9.43. The van der Waals surface area contributed by atoms with Crippen LogP contribution in [0.3, 0.4) is 0 Å². The smallest absolute Gasteiger partial charge is 0.406 e. The van der Waals surface area contributed by atoms with Crippen molar-refractivity contribution in [3.05, 3.63) is 66.0 Å². The van der Waals surface area contributed by atoms with E-state index in [0.29, 0.717) is 22.8 Å².